The number of ether oxygens (including phenoxy) is 1. The fourth-order valence-electron chi connectivity index (χ4n) is 3.29. The van der Waals surface area contributed by atoms with Crippen molar-refractivity contribution in [2.45, 2.75) is 20.8 Å². The molecular weight excluding hydrogens is 526 g/mol. The van der Waals surface area contributed by atoms with Gasteiger partial charge < -0.3 is 15.0 Å². The summed E-state index contributed by atoms with van der Waals surface area (Å²) in [6.45, 7) is 7.18. The third-order valence-corrected chi connectivity index (χ3v) is 5.81. The first-order valence-corrected chi connectivity index (χ1v) is 12.5. The summed E-state index contributed by atoms with van der Waals surface area (Å²) in [5.74, 6) is 0.591. The van der Waals surface area contributed by atoms with Crippen LogP contribution >= 0.6 is 28.1 Å². The first-order valence-electron chi connectivity index (χ1n) is 11.3. The highest BCUT2D eigenvalue weighted by Crippen LogP contribution is 2.26. The second kappa shape index (κ2) is 12.5. The Balaban J connectivity index is 1.64. The van der Waals surface area contributed by atoms with Crippen LogP contribution in [0.1, 0.15) is 41.5 Å². The average molecular weight is 555 g/mol. The molecule has 182 valence electrons. The van der Waals surface area contributed by atoms with E-state index in [4.69, 9.17) is 17.0 Å². The van der Waals surface area contributed by atoms with Crippen LogP contribution in [0.15, 0.2) is 77.3 Å². The van der Waals surface area contributed by atoms with Gasteiger partial charge in [0.25, 0.3) is 11.8 Å². The highest BCUT2D eigenvalue weighted by Gasteiger charge is 2.17. The van der Waals surface area contributed by atoms with Crippen LogP contribution in [-0.4, -0.2) is 30.1 Å². The summed E-state index contributed by atoms with van der Waals surface area (Å²) in [7, 11) is 0. The maximum atomic E-state index is 13.1. The molecule has 8 heteroatoms. The van der Waals surface area contributed by atoms with E-state index in [1.165, 1.54) is 0 Å². The van der Waals surface area contributed by atoms with Crippen molar-refractivity contribution in [3.8, 4) is 5.75 Å². The smallest absolute Gasteiger partial charge is 0.258 e. The minimum atomic E-state index is -0.355. The summed E-state index contributed by atoms with van der Waals surface area (Å²) in [5, 5.41) is 5.79. The molecule has 3 rings (SSSR count). The topological polar surface area (TPSA) is 70.7 Å². The van der Waals surface area contributed by atoms with Gasteiger partial charge in [-0.3, -0.25) is 14.9 Å². The molecule has 0 aliphatic rings. The van der Waals surface area contributed by atoms with Crippen molar-refractivity contribution < 1.29 is 14.3 Å². The van der Waals surface area contributed by atoms with Crippen LogP contribution in [0.4, 0.5) is 11.4 Å². The number of thiocarbonyl (C=S) groups is 1. The van der Waals surface area contributed by atoms with Gasteiger partial charge in [0.05, 0.1) is 11.1 Å². The summed E-state index contributed by atoms with van der Waals surface area (Å²) in [5.41, 5.74) is 2.37. The fourth-order valence-corrected chi connectivity index (χ4v) is 3.99. The van der Waals surface area contributed by atoms with E-state index in [1.807, 2.05) is 37.3 Å². The molecule has 0 heterocycles. The predicted molar refractivity (Wildman–Crippen MR) is 148 cm³/mol. The van der Waals surface area contributed by atoms with Crippen LogP contribution in [0.2, 0.25) is 0 Å². The number of nitrogens with zero attached hydrogens (tertiary/aromatic N) is 1. The Labute approximate surface area is 219 Å². The van der Waals surface area contributed by atoms with E-state index in [2.05, 4.69) is 40.4 Å². The SMILES string of the molecule is CCN(C(=O)c1cccc(NC(=S)NC(=O)c2ccc(OCC(C)C)c(Br)c2)c1)c1ccccc1. The third kappa shape index (κ3) is 7.37. The lowest BCUT2D eigenvalue weighted by Crippen LogP contribution is -2.34. The zero-order valence-electron chi connectivity index (χ0n) is 19.9. The van der Waals surface area contributed by atoms with Gasteiger partial charge in [0, 0.05) is 29.0 Å². The monoisotopic (exact) mass is 553 g/mol. The maximum Gasteiger partial charge on any atom is 0.258 e. The lowest BCUT2D eigenvalue weighted by Gasteiger charge is -2.21. The van der Waals surface area contributed by atoms with E-state index in [9.17, 15) is 9.59 Å². The van der Waals surface area contributed by atoms with Gasteiger partial charge in [-0.15, -0.1) is 0 Å². The highest BCUT2D eigenvalue weighted by atomic mass is 79.9. The van der Waals surface area contributed by atoms with E-state index in [1.54, 1.807) is 47.4 Å². The van der Waals surface area contributed by atoms with Crippen LogP contribution < -0.4 is 20.3 Å². The molecule has 0 saturated carbocycles. The summed E-state index contributed by atoms with van der Waals surface area (Å²) in [4.78, 5) is 27.5. The van der Waals surface area contributed by atoms with Crippen LogP contribution in [0.5, 0.6) is 5.75 Å². The molecule has 0 unspecified atom stereocenters. The maximum absolute atomic E-state index is 13.1. The zero-order valence-corrected chi connectivity index (χ0v) is 22.3. The minimum absolute atomic E-state index is 0.123. The average Bonchev–Trinajstić information content (AvgIpc) is 2.84. The lowest BCUT2D eigenvalue weighted by molar-refractivity contribution is 0.0973. The molecule has 0 fully saturated rings. The molecule has 2 amide bonds. The Morgan fingerprint density at radius 3 is 2.40 bits per heavy atom. The van der Waals surface area contributed by atoms with Crippen molar-refractivity contribution in [2.75, 3.05) is 23.4 Å². The molecule has 0 aromatic heterocycles. The molecule has 0 saturated heterocycles. The summed E-state index contributed by atoms with van der Waals surface area (Å²) in [6.07, 6.45) is 0. The number of hydrogen-bond donors (Lipinski definition) is 2. The Bertz CT molecular complexity index is 1200. The van der Waals surface area contributed by atoms with E-state index >= 15 is 0 Å². The first kappa shape index (κ1) is 26.4. The Morgan fingerprint density at radius 1 is 1.00 bits per heavy atom. The molecule has 3 aromatic carbocycles. The van der Waals surface area contributed by atoms with Gasteiger partial charge in [0.15, 0.2) is 5.11 Å². The Kier molecular flexibility index (Phi) is 9.39. The van der Waals surface area contributed by atoms with Gasteiger partial charge in [0.2, 0.25) is 0 Å². The van der Waals surface area contributed by atoms with Gasteiger partial charge in [-0.2, -0.15) is 0 Å². The van der Waals surface area contributed by atoms with E-state index in [0.717, 1.165) is 5.69 Å². The van der Waals surface area contributed by atoms with Crippen LogP contribution in [0.25, 0.3) is 0 Å². The number of carbonyl (C=O) groups is 2. The van der Waals surface area contributed by atoms with Gasteiger partial charge in [-0.05, 0) is 89.5 Å². The molecule has 0 spiro atoms. The van der Waals surface area contributed by atoms with Gasteiger partial charge in [-0.25, -0.2) is 0 Å². The number of halogens is 1. The molecule has 0 aliphatic carbocycles. The minimum Gasteiger partial charge on any atom is -0.492 e. The number of anilines is 2. The fraction of sp³-hybridized carbons (Fsp3) is 0.222. The van der Waals surface area contributed by atoms with Crippen molar-refractivity contribution >= 4 is 56.4 Å². The Morgan fingerprint density at radius 2 is 1.74 bits per heavy atom. The molecule has 0 atom stereocenters. The highest BCUT2D eigenvalue weighted by molar-refractivity contribution is 9.10. The van der Waals surface area contributed by atoms with Crippen LogP contribution in [-0.2, 0) is 0 Å². The molecule has 0 radical (unpaired) electrons. The second-order valence-electron chi connectivity index (χ2n) is 8.22. The van der Waals surface area contributed by atoms with Crippen LogP contribution in [0.3, 0.4) is 0 Å². The van der Waals surface area contributed by atoms with Crippen molar-refractivity contribution in [3.05, 3.63) is 88.4 Å². The van der Waals surface area contributed by atoms with Crippen molar-refractivity contribution in [2.24, 2.45) is 5.92 Å². The summed E-state index contributed by atoms with van der Waals surface area (Å²) >= 11 is 8.78. The second-order valence-corrected chi connectivity index (χ2v) is 9.49. The van der Waals surface area contributed by atoms with Crippen molar-refractivity contribution in [3.63, 3.8) is 0 Å². The first-order chi connectivity index (χ1) is 16.8. The third-order valence-electron chi connectivity index (χ3n) is 4.99. The number of amides is 2. The molecule has 3 aromatic rings. The van der Waals surface area contributed by atoms with E-state index < -0.39 is 0 Å². The largest absolute Gasteiger partial charge is 0.492 e. The van der Waals surface area contributed by atoms with Gasteiger partial charge >= 0.3 is 0 Å². The molecule has 35 heavy (non-hydrogen) atoms. The molecular formula is C27H28BrN3O3S. The molecule has 6 nitrogen and oxygen atoms in total. The van der Waals surface area contributed by atoms with E-state index in [0.29, 0.717) is 46.1 Å². The number of hydrogen-bond acceptors (Lipinski definition) is 4. The number of carbonyl (C=O) groups excluding carboxylic acids is 2. The normalized spacial score (nSPS) is 10.5. The summed E-state index contributed by atoms with van der Waals surface area (Å²) in [6, 6.07) is 21.6. The van der Waals surface area contributed by atoms with Gasteiger partial charge in [-0.1, -0.05) is 38.1 Å². The number of rotatable bonds is 8. The molecule has 0 bridgehead atoms. The van der Waals surface area contributed by atoms with Crippen molar-refractivity contribution in [1.82, 2.24) is 5.32 Å². The number of nitrogens with one attached hydrogen (secondary N) is 2. The molecule has 0 aliphatic heterocycles. The van der Waals surface area contributed by atoms with Crippen LogP contribution in [0, 0.1) is 5.92 Å². The number of benzene rings is 3. The standard InChI is InChI=1S/C27H28BrN3O3S/c1-4-31(22-11-6-5-7-12-22)26(33)20-9-8-10-21(15-20)29-27(35)30-25(32)19-13-14-24(23(28)16-19)34-17-18(2)3/h5-16,18H,4,17H2,1-3H3,(H2,29,30,32,35). The van der Waals surface area contributed by atoms with E-state index in [-0.39, 0.29) is 16.9 Å². The zero-order chi connectivity index (χ0) is 25.4. The van der Waals surface area contributed by atoms with Crippen molar-refractivity contribution in [1.29, 1.82) is 0 Å². The predicted octanol–water partition coefficient (Wildman–Crippen LogP) is 6.28. The quantitative estimate of drug-likeness (QED) is 0.321. The summed E-state index contributed by atoms with van der Waals surface area (Å²) < 4.78 is 6.42. The molecule has 2 N–H and O–H groups in total. The number of para-hydroxylation sites is 1. The lowest BCUT2D eigenvalue weighted by atomic mass is 10.1. The van der Waals surface area contributed by atoms with Gasteiger partial charge in [0.1, 0.15) is 5.75 Å². The Hall–Kier alpha value is -3.23.